The second-order valence-electron chi connectivity index (χ2n) is 7.60. The molecule has 3 rings (SSSR count). The summed E-state index contributed by atoms with van der Waals surface area (Å²) in [6.07, 6.45) is 2.23. The van der Waals surface area contributed by atoms with Crippen molar-refractivity contribution < 1.29 is 14.3 Å². The predicted octanol–water partition coefficient (Wildman–Crippen LogP) is 2.18. The zero-order valence-corrected chi connectivity index (χ0v) is 18.5. The van der Waals surface area contributed by atoms with Crippen molar-refractivity contribution in [2.24, 2.45) is 4.99 Å². The number of carbonyl (C=O) groups is 1. The molecule has 0 aliphatic carbocycles. The van der Waals surface area contributed by atoms with Crippen LogP contribution in [0.1, 0.15) is 31.4 Å². The molecule has 1 unspecified atom stereocenters. The summed E-state index contributed by atoms with van der Waals surface area (Å²) in [6.45, 7) is 7.95. The van der Waals surface area contributed by atoms with E-state index in [1.165, 1.54) is 18.4 Å². The van der Waals surface area contributed by atoms with Crippen LogP contribution in [-0.4, -0.2) is 93.3 Å². The number of rotatable bonds is 6. The number of piperazine rings is 1. The molecular formula is C22H35N5O3. The summed E-state index contributed by atoms with van der Waals surface area (Å²) in [6, 6.07) is 8.50. The van der Waals surface area contributed by atoms with Gasteiger partial charge in [-0.3, -0.25) is 9.89 Å². The third-order valence-electron chi connectivity index (χ3n) is 5.85. The minimum atomic E-state index is -0.231. The Balaban J connectivity index is 1.63. The quantitative estimate of drug-likeness (QED) is 0.565. The van der Waals surface area contributed by atoms with Crippen molar-refractivity contribution in [1.29, 1.82) is 0 Å². The number of guanidine groups is 1. The van der Waals surface area contributed by atoms with Gasteiger partial charge in [0.2, 0.25) is 0 Å². The maximum atomic E-state index is 11.9. The smallest absolute Gasteiger partial charge is 0.409 e. The number of benzene rings is 1. The number of methoxy groups -OCH3 is 1. The van der Waals surface area contributed by atoms with Crippen molar-refractivity contribution >= 4 is 12.1 Å². The minimum Gasteiger partial charge on any atom is -0.496 e. The lowest BCUT2D eigenvalue weighted by molar-refractivity contribution is 0.0913. The lowest BCUT2D eigenvalue weighted by atomic mass is 10.0. The maximum Gasteiger partial charge on any atom is 0.409 e. The third kappa shape index (κ3) is 5.36. The van der Waals surface area contributed by atoms with Gasteiger partial charge in [-0.25, -0.2) is 4.79 Å². The van der Waals surface area contributed by atoms with Crippen LogP contribution in [0.25, 0.3) is 0 Å². The molecule has 1 aromatic rings. The van der Waals surface area contributed by atoms with Crippen LogP contribution in [0.5, 0.6) is 5.75 Å². The van der Waals surface area contributed by atoms with Gasteiger partial charge in [-0.05, 0) is 38.9 Å². The average Bonchev–Trinajstić information content (AvgIpc) is 3.32. The van der Waals surface area contributed by atoms with E-state index in [1.807, 2.05) is 26.1 Å². The Kier molecular flexibility index (Phi) is 8.19. The van der Waals surface area contributed by atoms with E-state index in [-0.39, 0.29) is 12.1 Å². The molecule has 1 amide bonds. The van der Waals surface area contributed by atoms with Gasteiger partial charge in [0.1, 0.15) is 5.75 Å². The van der Waals surface area contributed by atoms with Crippen molar-refractivity contribution in [1.82, 2.24) is 20.0 Å². The first-order valence-corrected chi connectivity index (χ1v) is 10.9. The van der Waals surface area contributed by atoms with Gasteiger partial charge in [-0.15, -0.1) is 0 Å². The second-order valence-corrected chi connectivity index (χ2v) is 7.60. The molecule has 2 aliphatic rings. The summed E-state index contributed by atoms with van der Waals surface area (Å²) < 4.78 is 10.8. The number of aliphatic imine (C=N–C) groups is 1. The van der Waals surface area contributed by atoms with E-state index in [0.717, 1.165) is 44.4 Å². The van der Waals surface area contributed by atoms with Gasteiger partial charge in [0, 0.05) is 45.3 Å². The van der Waals surface area contributed by atoms with Crippen molar-refractivity contribution in [3.05, 3.63) is 29.8 Å². The van der Waals surface area contributed by atoms with Crippen LogP contribution in [0.4, 0.5) is 4.79 Å². The average molecular weight is 418 g/mol. The molecule has 8 nitrogen and oxygen atoms in total. The van der Waals surface area contributed by atoms with Gasteiger partial charge in [-0.1, -0.05) is 18.2 Å². The highest BCUT2D eigenvalue weighted by atomic mass is 16.6. The molecule has 8 heteroatoms. The van der Waals surface area contributed by atoms with Crippen LogP contribution in [0, 0.1) is 0 Å². The predicted molar refractivity (Wildman–Crippen MR) is 118 cm³/mol. The van der Waals surface area contributed by atoms with Crippen LogP contribution in [0.3, 0.4) is 0 Å². The molecule has 1 N–H and O–H groups in total. The van der Waals surface area contributed by atoms with E-state index in [2.05, 4.69) is 32.2 Å². The molecule has 0 radical (unpaired) electrons. The van der Waals surface area contributed by atoms with E-state index < -0.39 is 0 Å². The largest absolute Gasteiger partial charge is 0.496 e. The molecule has 1 atom stereocenters. The molecule has 30 heavy (non-hydrogen) atoms. The van der Waals surface area contributed by atoms with Gasteiger partial charge < -0.3 is 24.6 Å². The second kappa shape index (κ2) is 11.1. The number of para-hydroxylation sites is 1. The van der Waals surface area contributed by atoms with Crippen LogP contribution >= 0.6 is 0 Å². The number of carbonyl (C=O) groups excluding carboxylic acids is 1. The van der Waals surface area contributed by atoms with Crippen LogP contribution in [0.15, 0.2) is 29.3 Å². The Morgan fingerprint density at radius 2 is 1.77 bits per heavy atom. The van der Waals surface area contributed by atoms with E-state index >= 15 is 0 Å². The van der Waals surface area contributed by atoms with Crippen LogP contribution < -0.4 is 10.1 Å². The monoisotopic (exact) mass is 417 g/mol. The zero-order chi connectivity index (χ0) is 21.3. The summed E-state index contributed by atoms with van der Waals surface area (Å²) in [5.74, 6) is 1.80. The van der Waals surface area contributed by atoms with Gasteiger partial charge in [0.25, 0.3) is 0 Å². The van der Waals surface area contributed by atoms with Gasteiger partial charge in [-0.2, -0.15) is 0 Å². The zero-order valence-electron chi connectivity index (χ0n) is 18.5. The Morgan fingerprint density at radius 3 is 2.40 bits per heavy atom. The number of likely N-dealkylation sites (tertiary alicyclic amines) is 1. The van der Waals surface area contributed by atoms with E-state index in [9.17, 15) is 4.79 Å². The summed E-state index contributed by atoms with van der Waals surface area (Å²) in [4.78, 5) is 22.9. The Bertz CT molecular complexity index is 712. The fraction of sp³-hybridized carbons (Fsp3) is 0.636. The highest BCUT2D eigenvalue weighted by Gasteiger charge is 2.28. The van der Waals surface area contributed by atoms with Crippen LogP contribution in [0.2, 0.25) is 0 Å². The number of hydrogen-bond donors (Lipinski definition) is 1. The van der Waals surface area contributed by atoms with Crippen molar-refractivity contribution in [3.63, 3.8) is 0 Å². The summed E-state index contributed by atoms with van der Waals surface area (Å²) in [7, 11) is 3.54. The first kappa shape index (κ1) is 22.2. The number of nitrogens with one attached hydrogen (secondary N) is 1. The Hall–Kier alpha value is -2.48. The van der Waals surface area contributed by atoms with Crippen LogP contribution in [-0.2, 0) is 4.74 Å². The molecule has 0 aromatic heterocycles. The van der Waals surface area contributed by atoms with E-state index in [4.69, 9.17) is 9.47 Å². The van der Waals surface area contributed by atoms with Crippen molar-refractivity contribution in [2.45, 2.75) is 25.8 Å². The van der Waals surface area contributed by atoms with Crippen molar-refractivity contribution in [2.75, 3.05) is 66.6 Å². The maximum absolute atomic E-state index is 11.9. The highest BCUT2D eigenvalue weighted by molar-refractivity contribution is 5.80. The molecule has 2 fully saturated rings. The summed E-state index contributed by atoms with van der Waals surface area (Å²) in [5.41, 5.74) is 1.21. The molecule has 166 valence electrons. The molecule has 0 saturated carbocycles. The molecule has 2 aliphatic heterocycles. The Labute approximate surface area is 179 Å². The lowest BCUT2D eigenvalue weighted by Crippen LogP contribution is -2.54. The van der Waals surface area contributed by atoms with Gasteiger partial charge >= 0.3 is 6.09 Å². The first-order valence-electron chi connectivity index (χ1n) is 10.9. The summed E-state index contributed by atoms with van der Waals surface area (Å²) >= 11 is 0. The molecule has 0 spiro atoms. The minimum absolute atomic E-state index is 0.223. The fourth-order valence-electron chi connectivity index (χ4n) is 4.27. The van der Waals surface area contributed by atoms with Gasteiger partial charge in [0.15, 0.2) is 5.96 Å². The highest BCUT2D eigenvalue weighted by Crippen LogP contribution is 2.31. The topological polar surface area (TPSA) is 69.6 Å². The normalized spacial score (nSPS) is 19.0. The molecule has 1 aromatic carbocycles. The molecule has 2 heterocycles. The Morgan fingerprint density at radius 1 is 1.10 bits per heavy atom. The van der Waals surface area contributed by atoms with E-state index in [0.29, 0.717) is 19.7 Å². The number of amides is 1. The molecular weight excluding hydrogens is 382 g/mol. The molecule has 0 bridgehead atoms. The van der Waals surface area contributed by atoms with Gasteiger partial charge in [0.05, 0.1) is 19.8 Å². The molecule has 2 saturated heterocycles. The van der Waals surface area contributed by atoms with Crippen molar-refractivity contribution in [3.8, 4) is 5.75 Å². The number of nitrogens with zero attached hydrogens (tertiary/aromatic N) is 4. The number of hydrogen-bond acceptors (Lipinski definition) is 5. The number of ether oxygens (including phenoxy) is 2. The van der Waals surface area contributed by atoms with E-state index in [1.54, 1.807) is 12.0 Å². The lowest BCUT2D eigenvalue weighted by Gasteiger charge is -2.37. The standard InChI is InChI=1S/C22H35N5O3/c1-4-30-22(28)27-15-13-26(14-16-27)21(23-2)24-17-19(25-11-7-8-12-25)18-9-5-6-10-20(18)29-3/h5-6,9-10,19H,4,7-8,11-17H2,1-3H3,(H,23,24). The first-order chi connectivity index (χ1) is 14.7. The third-order valence-corrected chi connectivity index (χ3v) is 5.85. The summed E-state index contributed by atoms with van der Waals surface area (Å²) in [5, 5.41) is 3.58. The fourth-order valence-corrected chi connectivity index (χ4v) is 4.27. The SMILES string of the molecule is CCOC(=O)N1CCN(C(=NC)NCC(c2ccccc2OC)N2CCCC2)CC1.